The summed E-state index contributed by atoms with van der Waals surface area (Å²) < 4.78 is 10.3. The van der Waals surface area contributed by atoms with Gasteiger partial charge in [-0.05, 0) is 29.8 Å². The zero-order valence-electron chi connectivity index (χ0n) is 15.5. The normalized spacial score (nSPS) is 13.9. The third-order valence-electron chi connectivity index (χ3n) is 4.46. The molecule has 0 aromatic heterocycles. The van der Waals surface area contributed by atoms with Gasteiger partial charge in [0, 0.05) is 6.54 Å². The van der Waals surface area contributed by atoms with Gasteiger partial charge in [0.15, 0.2) is 11.5 Å². The molecule has 2 N–H and O–H groups in total. The highest BCUT2D eigenvalue weighted by Crippen LogP contribution is 2.29. The molecule has 1 atom stereocenters. The number of nitrogens with zero attached hydrogens (tertiary/aromatic N) is 1. The Hall–Kier alpha value is -3.39. The molecule has 1 unspecified atom stereocenters. The summed E-state index contributed by atoms with van der Waals surface area (Å²) in [4.78, 5) is 37.6. The standard InChI is InChI=1S/C20H20N2O6/c1-27-16-8-7-12(9-17(16)28-2)15(23)10-21-18(24)11-22-19(25)13-5-3-4-6-14(13)20(22)26/h3-9,15,23H,10-11H2,1-2H3,(H,21,24). The predicted octanol–water partition coefficient (Wildman–Crippen LogP) is 1.15. The van der Waals surface area contributed by atoms with Crippen LogP contribution in [0.2, 0.25) is 0 Å². The largest absolute Gasteiger partial charge is 0.493 e. The summed E-state index contributed by atoms with van der Waals surface area (Å²) in [5.74, 6) is -0.578. The topological polar surface area (TPSA) is 105 Å². The second-order valence-corrected chi connectivity index (χ2v) is 6.18. The van der Waals surface area contributed by atoms with Crippen molar-refractivity contribution >= 4 is 17.7 Å². The van der Waals surface area contributed by atoms with Crippen molar-refractivity contribution in [2.45, 2.75) is 6.10 Å². The zero-order chi connectivity index (χ0) is 20.3. The first-order valence-corrected chi connectivity index (χ1v) is 8.58. The number of ether oxygens (including phenoxy) is 2. The van der Waals surface area contributed by atoms with Gasteiger partial charge in [0.05, 0.1) is 31.5 Å². The van der Waals surface area contributed by atoms with E-state index in [0.717, 1.165) is 4.90 Å². The number of fused-ring (bicyclic) bond motifs is 1. The van der Waals surface area contributed by atoms with Gasteiger partial charge < -0.3 is 19.9 Å². The van der Waals surface area contributed by atoms with Gasteiger partial charge in [-0.1, -0.05) is 18.2 Å². The van der Waals surface area contributed by atoms with E-state index < -0.39 is 30.4 Å². The van der Waals surface area contributed by atoms with Crippen molar-refractivity contribution in [3.63, 3.8) is 0 Å². The van der Waals surface area contributed by atoms with Crippen LogP contribution < -0.4 is 14.8 Å². The number of amides is 3. The van der Waals surface area contributed by atoms with Crippen LogP contribution in [0.4, 0.5) is 0 Å². The Bertz CT molecular complexity index is 892. The number of carbonyl (C=O) groups excluding carboxylic acids is 3. The summed E-state index contributed by atoms with van der Waals surface area (Å²) in [5.41, 5.74) is 1.09. The molecule has 0 spiro atoms. The van der Waals surface area contributed by atoms with Crippen LogP contribution in [-0.4, -0.2) is 55.0 Å². The van der Waals surface area contributed by atoms with Gasteiger partial charge in [-0.25, -0.2) is 0 Å². The Labute approximate surface area is 161 Å². The van der Waals surface area contributed by atoms with E-state index in [4.69, 9.17) is 9.47 Å². The Morgan fingerprint density at radius 1 is 1.04 bits per heavy atom. The maximum absolute atomic E-state index is 12.3. The number of imide groups is 1. The van der Waals surface area contributed by atoms with Gasteiger partial charge in [-0.2, -0.15) is 0 Å². The van der Waals surface area contributed by atoms with Crippen molar-refractivity contribution in [1.82, 2.24) is 10.2 Å². The molecule has 1 aliphatic heterocycles. The number of aliphatic hydroxyl groups excluding tert-OH is 1. The molecule has 0 radical (unpaired) electrons. The van der Waals surface area contributed by atoms with E-state index in [0.29, 0.717) is 17.1 Å². The highest BCUT2D eigenvalue weighted by Gasteiger charge is 2.36. The lowest BCUT2D eigenvalue weighted by Crippen LogP contribution is -2.41. The van der Waals surface area contributed by atoms with Crippen molar-refractivity contribution in [3.8, 4) is 11.5 Å². The first-order valence-electron chi connectivity index (χ1n) is 8.58. The lowest BCUT2D eigenvalue weighted by Gasteiger charge is -2.17. The fourth-order valence-electron chi connectivity index (χ4n) is 2.97. The SMILES string of the molecule is COc1ccc(C(O)CNC(=O)CN2C(=O)c3ccccc3C2=O)cc1OC. The van der Waals surface area contributed by atoms with Crippen molar-refractivity contribution < 1.29 is 29.0 Å². The maximum Gasteiger partial charge on any atom is 0.262 e. The van der Waals surface area contributed by atoms with Crippen molar-refractivity contribution in [3.05, 3.63) is 59.2 Å². The highest BCUT2D eigenvalue weighted by atomic mass is 16.5. The molecule has 0 saturated heterocycles. The Morgan fingerprint density at radius 2 is 1.64 bits per heavy atom. The average molecular weight is 384 g/mol. The zero-order valence-corrected chi connectivity index (χ0v) is 15.5. The van der Waals surface area contributed by atoms with Crippen molar-refractivity contribution in [2.75, 3.05) is 27.3 Å². The first-order chi connectivity index (χ1) is 13.5. The number of hydrogen-bond acceptors (Lipinski definition) is 6. The van der Waals surface area contributed by atoms with Crippen LogP contribution in [0.1, 0.15) is 32.4 Å². The van der Waals surface area contributed by atoms with E-state index in [2.05, 4.69) is 5.32 Å². The molecular formula is C20H20N2O6. The van der Waals surface area contributed by atoms with Crippen molar-refractivity contribution in [2.24, 2.45) is 0 Å². The van der Waals surface area contributed by atoms with Gasteiger partial charge in [-0.3, -0.25) is 19.3 Å². The van der Waals surface area contributed by atoms with Gasteiger partial charge in [0.25, 0.3) is 11.8 Å². The molecule has 8 heteroatoms. The Morgan fingerprint density at radius 3 is 2.21 bits per heavy atom. The van der Waals surface area contributed by atoms with E-state index in [1.165, 1.54) is 14.2 Å². The molecule has 1 aliphatic rings. The molecule has 8 nitrogen and oxygen atoms in total. The number of benzene rings is 2. The molecule has 3 amide bonds. The van der Waals surface area contributed by atoms with Gasteiger partial charge in [-0.15, -0.1) is 0 Å². The fourth-order valence-corrected chi connectivity index (χ4v) is 2.97. The molecule has 0 bridgehead atoms. The quantitative estimate of drug-likeness (QED) is 0.694. The number of carbonyl (C=O) groups is 3. The molecule has 2 aromatic rings. The molecule has 2 aromatic carbocycles. The third-order valence-corrected chi connectivity index (χ3v) is 4.46. The van der Waals surface area contributed by atoms with Crippen LogP contribution in [0.5, 0.6) is 11.5 Å². The van der Waals surface area contributed by atoms with E-state index >= 15 is 0 Å². The van der Waals surface area contributed by atoms with Gasteiger partial charge >= 0.3 is 0 Å². The summed E-state index contributed by atoms with van der Waals surface area (Å²) in [7, 11) is 2.99. The summed E-state index contributed by atoms with van der Waals surface area (Å²) in [6, 6.07) is 11.3. The van der Waals surface area contributed by atoms with E-state index in [1.54, 1.807) is 42.5 Å². The lowest BCUT2D eigenvalue weighted by atomic mass is 10.1. The summed E-state index contributed by atoms with van der Waals surface area (Å²) >= 11 is 0. The minimum Gasteiger partial charge on any atom is -0.493 e. The van der Waals surface area contributed by atoms with E-state index in [-0.39, 0.29) is 17.7 Å². The Kier molecular flexibility index (Phi) is 5.60. The van der Waals surface area contributed by atoms with E-state index in [1.807, 2.05) is 0 Å². The highest BCUT2D eigenvalue weighted by molar-refractivity contribution is 6.22. The number of aliphatic hydroxyl groups is 1. The minimum atomic E-state index is -0.995. The predicted molar refractivity (Wildman–Crippen MR) is 99.3 cm³/mol. The van der Waals surface area contributed by atoms with Crippen molar-refractivity contribution in [1.29, 1.82) is 0 Å². The number of nitrogens with one attached hydrogen (secondary N) is 1. The Balaban J connectivity index is 1.59. The molecule has 0 fully saturated rings. The molecule has 146 valence electrons. The average Bonchev–Trinajstić information content (AvgIpc) is 2.96. The fraction of sp³-hybridized carbons (Fsp3) is 0.250. The lowest BCUT2D eigenvalue weighted by molar-refractivity contribution is -0.121. The van der Waals surface area contributed by atoms with Crippen LogP contribution in [0.25, 0.3) is 0 Å². The monoisotopic (exact) mass is 384 g/mol. The van der Waals surface area contributed by atoms with Crippen LogP contribution in [0.3, 0.4) is 0 Å². The summed E-state index contributed by atoms with van der Waals surface area (Å²) in [5, 5.41) is 12.8. The number of methoxy groups -OCH3 is 2. The van der Waals surface area contributed by atoms with Gasteiger partial charge in [0.2, 0.25) is 5.91 Å². The maximum atomic E-state index is 12.3. The van der Waals surface area contributed by atoms with Crippen LogP contribution in [0, 0.1) is 0 Å². The molecular weight excluding hydrogens is 364 g/mol. The van der Waals surface area contributed by atoms with Gasteiger partial charge in [0.1, 0.15) is 6.54 Å². The molecule has 3 rings (SSSR count). The number of hydrogen-bond donors (Lipinski definition) is 2. The molecule has 0 saturated carbocycles. The number of rotatable bonds is 7. The minimum absolute atomic E-state index is 0.0858. The van der Waals surface area contributed by atoms with Crippen LogP contribution in [-0.2, 0) is 4.79 Å². The van der Waals surface area contributed by atoms with Crippen LogP contribution in [0.15, 0.2) is 42.5 Å². The van der Waals surface area contributed by atoms with Crippen LogP contribution >= 0.6 is 0 Å². The third kappa shape index (κ3) is 3.67. The summed E-state index contributed by atoms with van der Waals surface area (Å²) in [6.45, 7) is -0.498. The summed E-state index contributed by atoms with van der Waals surface area (Å²) in [6.07, 6.45) is -0.995. The smallest absolute Gasteiger partial charge is 0.262 e. The molecule has 1 heterocycles. The second kappa shape index (κ2) is 8.10. The first kappa shape index (κ1) is 19.4. The molecule has 28 heavy (non-hydrogen) atoms. The second-order valence-electron chi connectivity index (χ2n) is 6.18. The van der Waals surface area contributed by atoms with E-state index in [9.17, 15) is 19.5 Å². The molecule has 0 aliphatic carbocycles.